The number of fused-ring (bicyclic) bond motifs is 3. The van der Waals surface area contributed by atoms with Crippen LogP contribution in [-0.2, 0) is 6.54 Å². The maximum Gasteiger partial charge on any atom is 0.232 e. The molecule has 2 aliphatic heterocycles. The highest BCUT2D eigenvalue weighted by molar-refractivity contribution is 6.15. The van der Waals surface area contributed by atoms with Crippen LogP contribution in [0.4, 0.5) is 4.39 Å². The normalized spacial score (nSPS) is 17.7. The first kappa shape index (κ1) is 17.7. The smallest absolute Gasteiger partial charge is 0.232 e. The summed E-state index contributed by atoms with van der Waals surface area (Å²) in [7, 11) is 0. The number of Topliss-reactive ketones (excluding diaryl/α,β-unsaturated/α-hetero) is 1. The number of carbonyl (C=O) groups is 1. The third kappa shape index (κ3) is 3.35. The molecular weight excluding hydrogens is 345 g/mol. The van der Waals surface area contributed by atoms with E-state index in [1.165, 1.54) is 12.1 Å². The molecule has 0 amide bonds. The number of hydrogen-bond acceptors (Lipinski definition) is 4. The Balaban J connectivity index is 1.72. The summed E-state index contributed by atoms with van der Waals surface area (Å²) in [6.07, 6.45) is 1.59. The minimum Gasteiger partial charge on any atom is -0.478 e. The number of carbonyl (C=O) groups excluding carboxylic acids is 1. The summed E-state index contributed by atoms with van der Waals surface area (Å²) in [6.45, 7) is 8.32. The average molecular weight is 367 g/mol. The van der Waals surface area contributed by atoms with Crippen LogP contribution in [0.1, 0.15) is 40.9 Å². The first-order chi connectivity index (χ1) is 12.9. The number of benzene rings is 2. The lowest BCUT2D eigenvalue weighted by Crippen LogP contribution is -2.35. The van der Waals surface area contributed by atoms with E-state index in [9.17, 15) is 9.18 Å². The van der Waals surface area contributed by atoms with Gasteiger partial charge in [0.25, 0.3) is 0 Å². The minimum atomic E-state index is -0.349. The number of allylic oxidation sites excluding steroid dienone is 1. The second kappa shape index (κ2) is 6.82. The van der Waals surface area contributed by atoms with E-state index in [-0.39, 0.29) is 17.4 Å². The Hall–Kier alpha value is -2.66. The Morgan fingerprint density at radius 1 is 1.30 bits per heavy atom. The Bertz CT molecular complexity index is 949. The van der Waals surface area contributed by atoms with Gasteiger partial charge in [-0.1, -0.05) is 26.0 Å². The minimum absolute atomic E-state index is 0.171. The number of hydrogen-bond donors (Lipinski definition) is 0. The van der Waals surface area contributed by atoms with Crippen LogP contribution in [0.2, 0.25) is 0 Å². The molecule has 27 heavy (non-hydrogen) atoms. The lowest BCUT2D eigenvalue weighted by atomic mass is 9.98. The largest absolute Gasteiger partial charge is 0.478 e. The van der Waals surface area contributed by atoms with Crippen LogP contribution in [0.5, 0.6) is 11.5 Å². The van der Waals surface area contributed by atoms with E-state index in [4.69, 9.17) is 9.47 Å². The number of nitrogens with zero attached hydrogens (tertiary/aromatic N) is 1. The van der Waals surface area contributed by atoms with Crippen molar-refractivity contribution >= 4 is 11.9 Å². The molecule has 0 N–H and O–H groups in total. The zero-order valence-electron chi connectivity index (χ0n) is 15.7. The molecule has 0 radical (unpaired) electrons. The van der Waals surface area contributed by atoms with Gasteiger partial charge in [-0.25, -0.2) is 4.39 Å². The summed E-state index contributed by atoms with van der Waals surface area (Å²) in [5.41, 5.74) is 2.90. The van der Waals surface area contributed by atoms with Gasteiger partial charge in [0, 0.05) is 13.1 Å². The SMILES string of the molecule is Cc1cc2c(c3c1C(=O)/C(=C/c1cccc(F)c1)O3)CN(CC(C)C)CO2. The van der Waals surface area contributed by atoms with Gasteiger partial charge < -0.3 is 9.47 Å². The predicted octanol–water partition coefficient (Wildman–Crippen LogP) is 4.56. The average Bonchev–Trinajstić information content (AvgIpc) is 2.93. The fourth-order valence-electron chi connectivity index (χ4n) is 3.66. The predicted molar refractivity (Wildman–Crippen MR) is 101 cm³/mol. The Kier molecular flexibility index (Phi) is 4.48. The highest BCUT2D eigenvalue weighted by Gasteiger charge is 2.35. The molecule has 0 unspecified atom stereocenters. The number of ether oxygens (including phenoxy) is 2. The van der Waals surface area contributed by atoms with Crippen molar-refractivity contribution in [2.24, 2.45) is 5.92 Å². The third-order valence-electron chi connectivity index (χ3n) is 4.76. The van der Waals surface area contributed by atoms with Crippen molar-refractivity contribution in [2.75, 3.05) is 13.3 Å². The molecule has 2 aliphatic rings. The second-order valence-electron chi connectivity index (χ2n) is 7.55. The molecule has 2 aromatic rings. The Labute approximate surface area is 158 Å². The van der Waals surface area contributed by atoms with Gasteiger partial charge in [0.2, 0.25) is 5.78 Å². The van der Waals surface area contributed by atoms with Crippen molar-refractivity contribution in [3.05, 3.63) is 64.2 Å². The summed E-state index contributed by atoms with van der Waals surface area (Å²) < 4.78 is 25.4. The topological polar surface area (TPSA) is 38.8 Å². The fraction of sp³-hybridized carbons (Fsp3) is 0.318. The van der Waals surface area contributed by atoms with Crippen molar-refractivity contribution in [3.8, 4) is 11.5 Å². The molecule has 4 nitrogen and oxygen atoms in total. The maximum atomic E-state index is 13.5. The molecule has 140 valence electrons. The Morgan fingerprint density at radius 2 is 2.11 bits per heavy atom. The van der Waals surface area contributed by atoms with Gasteiger partial charge in [0.05, 0.1) is 11.1 Å². The zero-order valence-corrected chi connectivity index (χ0v) is 15.7. The quantitative estimate of drug-likeness (QED) is 0.746. The van der Waals surface area contributed by atoms with Gasteiger partial charge in [0.1, 0.15) is 24.0 Å². The van der Waals surface area contributed by atoms with Gasteiger partial charge in [-0.15, -0.1) is 0 Å². The lowest BCUT2D eigenvalue weighted by molar-refractivity contribution is 0.0831. The van der Waals surface area contributed by atoms with Crippen LogP contribution in [0.25, 0.3) is 6.08 Å². The lowest BCUT2D eigenvalue weighted by Gasteiger charge is -2.31. The summed E-state index contributed by atoms with van der Waals surface area (Å²) in [6, 6.07) is 8.01. The summed E-state index contributed by atoms with van der Waals surface area (Å²) >= 11 is 0. The van der Waals surface area contributed by atoms with E-state index in [1.807, 2.05) is 13.0 Å². The van der Waals surface area contributed by atoms with Crippen molar-refractivity contribution in [1.29, 1.82) is 0 Å². The van der Waals surface area contributed by atoms with Crippen molar-refractivity contribution in [1.82, 2.24) is 4.90 Å². The van der Waals surface area contributed by atoms with Crippen LogP contribution in [-0.4, -0.2) is 24.0 Å². The van der Waals surface area contributed by atoms with Crippen LogP contribution in [0, 0.1) is 18.7 Å². The number of halogens is 1. The molecule has 0 fully saturated rings. The first-order valence-corrected chi connectivity index (χ1v) is 9.14. The zero-order chi connectivity index (χ0) is 19.1. The standard InChI is InChI=1S/C22H22FNO3/c1-13(2)10-24-11-17-18(26-12-24)7-14(3)20-21(25)19(27-22(17)20)9-15-5-4-6-16(23)8-15/h4-9,13H,10-12H2,1-3H3/b19-9-. The van der Waals surface area contributed by atoms with Gasteiger partial charge >= 0.3 is 0 Å². The molecule has 0 saturated carbocycles. The second-order valence-corrected chi connectivity index (χ2v) is 7.55. The van der Waals surface area contributed by atoms with Gasteiger partial charge in [-0.3, -0.25) is 9.69 Å². The van der Waals surface area contributed by atoms with E-state index in [1.54, 1.807) is 18.2 Å². The molecule has 2 heterocycles. The third-order valence-corrected chi connectivity index (χ3v) is 4.76. The highest BCUT2D eigenvalue weighted by atomic mass is 19.1. The van der Waals surface area contributed by atoms with Crippen molar-refractivity contribution in [2.45, 2.75) is 27.3 Å². The van der Waals surface area contributed by atoms with Crippen LogP contribution in [0.15, 0.2) is 36.1 Å². The number of ketones is 1. The number of rotatable bonds is 3. The Morgan fingerprint density at radius 3 is 2.85 bits per heavy atom. The van der Waals surface area contributed by atoms with E-state index in [0.717, 1.165) is 23.4 Å². The van der Waals surface area contributed by atoms with Crippen LogP contribution in [0.3, 0.4) is 0 Å². The maximum absolute atomic E-state index is 13.5. The van der Waals surface area contributed by atoms with Gasteiger partial charge in [0.15, 0.2) is 5.76 Å². The van der Waals surface area contributed by atoms with Crippen molar-refractivity contribution < 1.29 is 18.7 Å². The first-order valence-electron chi connectivity index (χ1n) is 9.14. The van der Waals surface area contributed by atoms with Gasteiger partial charge in [-0.2, -0.15) is 0 Å². The molecule has 0 aromatic heterocycles. The molecular formula is C22H22FNO3. The molecule has 0 aliphatic carbocycles. The molecule has 0 bridgehead atoms. The molecule has 0 atom stereocenters. The van der Waals surface area contributed by atoms with Gasteiger partial charge in [-0.05, 0) is 48.2 Å². The molecule has 5 heteroatoms. The van der Waals surface area contributed by atoms with E-state index < -0.39 is 0 Å². The molecule has 0 saturated heterocycles. The van der Waals surface area contributed by atoms with Crippen LogP contribution < -0.4 is 9.47 Å². The summed E-state index contributed by atoms with van der Waals surface area (Å²) in [5.74, 6) is 1.55. The van der Waals surface area contributed by atoms with Crippen LogP contribution >= 0.6 is 0 Å². The fourth-order valence-corrected chi connectivity index (χ4v) is 3.66. The molecule has 0 spiro atoms. The van der Waals surface area contributed by atoms with E-state index in [2.05, 4.69) is 18.7 Å². The summed E-state index contributed by atoms with van der Waals surface area (Å²) in [4.78, 5) is 15.1. The monoisotopic (exact) mass is 367 g/mol. The van der Waals surface area contributed by atoms with E-state index in [0.29, 0.717) is 36.1 Å². The van der Waals surface area contributed by atoms with E-state index >= 15 is 0 Å². The number of aryl methyl sites for hydroxylation is 1. The molecule has 2 aromatic carbocycles. The highest BCUT2D eigenvalue weighted by Crippen LogP contribution is 2.44. The summed E-state index contributed by atoms with van der Waals surface area (Å²) in [5, 5.41) is 0. The molecule has 4 rings (SSSR count). The van der Waals surface area contributed by atoms with Crippen molar-refractivity contribution in [3.63, 3.8) is 0 Å².